The fourth-order valence-electron chi connectivity index (χ4n) is 9.16. The predicted molar refractivity (Wildman–Crippen MR) is 245 cm³/mol. The Morgan fingerprint density at radius 2 is 1.76 bits per heavy atom. The Kier molecular flexibility index (Phi) is 14.0. The van der Waals surface area contributed by atoms with Gasteiger partial charge in [0, 0.05) is 87.3 Å². The molecule has 0 spiro atoms. The summed E-state index contributed by atoms with van der Waals surface area (Å²) in [5.74, 6) is -0.229. The molecule has 4 aromatic rings. The number of nitrogens with zero attached hydrogens (tertiary/aromatic N) is 5. The van der Waals surface area contributed by atoms with E-state index in [0.29, 0.717) is 38.1 Å². The van der Waals surface area contributed by atoms with Crippen molar-refractivity contribution in [1.29, 1.82) is 0 Å². The van der Waals surface area contributed by atoms with Gasteiger partial charge in [-0.2, -0.15) is 0 Å². The number of fused-ring (bicyclic) bond motifs is 1. The van der Waals surface area contributed by atoms with E-state index in [-0.39, 0.29) is 30.8 Å². The number of methoxy groups -OCH3 is 1. The molecule has 0 unspecified atom stereocenters. The normalized spacial score (nSPS) is 17.4. The van der Waals surface area contributed by atoms with E-state index < -0.39 is 23.2 Å². The Bertz CT molecular complexity index is 2270. The zero-order valence-corrected chi connectivity index (χ0v) is 38.5. The van der Waals surface area contributed by atoms with E-state index in [1.165, 1.54) is 12.8 Å². The minimum absolute atomic E-state index is 0.0420. The zero-order valence-electron chi connectivity index (χ0n) is 38.5. The molecule has 340 valence electrons. The number of anilines is 1. The van der Waals surface area contributed by atoms with Gasteiger partial charge in [-0.1, -0.05) is 26.0 Å². The first-order chi connectivity index (χ1) is 30.1. The molecular formula is C49H67N7O7. The lowest BCUT2D eigenvalue weighted by atomic mass is 9.84. The van der Waals surface area contributed by atoms with E-state index in [0.717, 1.165) is 95.3 Å². The van der Waals surface area contributed by atoms with Crippen LogP contribution in [0.25, 0.3) is 33.3 Å². The van der Waals surface area contributed by atoms with Gasteiger partial charge in [0.25, 0.3) is 12.4 Å². The van der Waals surface area contributed by atoms with Crippen LogP contribution in [0.2, 0.25) is 0 Å². The van der Waals surface area contributed by atoms with Gasteiger partial charge in [-0.05, 0) is 119 Å². The molecule has 7 rings (SSSR count). The minimum atomic E-state index is -0.943. The number of aromatic nitrogens is 2. The summed E-state index contributed by atoms with van der Waals surface area (Å²) in [6, 6.07) is 13.8. The number of nitrogens with one attached hydrogen (secondary N) is 2. The molecule has 2 aromatic carbocycles. The molecule has 2 aromatic heterocycles. The van der Waals surface area contributed by atoms with Crippen molar-refractivity contribution in [3.8, 4) is 28.1 Å². The number of phenols is 1. The number of benzene rings is 2. The van der Waals surface area contributed by atoms with E-state index in [1.54, 1.807) is 45.0 Å². The number of ether oxygens (including phenoxy) is 3. The van der Waals surface area contributed by atoms with Crippen molar-refractivity contribution in [2.24, 2.45) is 5.41 Å². The number of alkyl carbamates (subject to hydrolysis) is 1. The summed E-state index contributed by atoms with van der Waals surface area (Å²) in [5, 5.41) is 16.6. The number of aromatic hydroxyl groups is 1. The average molecular weight is 866 g/mol. The molecule has 14 nitrogen and oxygen atoms in total. The van der Waals surface area contributed by atoms with Crippen LogP contribution in [-0.4, -0.2) is 114 Å². The predicted octanol–water partition coefficient (Wildman–Crippen LogP) is 7.39. The molecule has 0 radical (unpaired) electrons. The third kappa shape index (κ3) is 11.0. The van der Waals surface area contributed by atoms with Crippen molar-refractivity contribution in [2.75, 3.05) is 57.9 Å². The SMILES string of the molecule is CCn1c(-c2cc(N3CCN(C4CC4)CC3)cnc2[C@H](C)OC)c(CC(C)(C)COC=O)c2cc(-c3cc(O)cc(C[C@H](NC(=O)OC(C)(C)C)C(=O)N4CCCCN4)c3)ccc21. The van der Waals surface area contributed by atoms with Gasteiger partial charge in [0.1, 0.15) is 17.4 Å². The number of rotatable bonds is 16. The highest BCUT2D eigenvalue weighted by molar-refractivity contribution is 5.96. The number of carbonyl (C=O) groups excluding carboxylic acids is 3. The van der Waals surface area contributed by atoms with Gasteiger partial charge >= 0.3 is 6.09 Å². The highest BCUT2D eigenvalue weighted by Gasteiger charge is 2.34. The number of hydrazine groups is 1. The van der Waals surface area contributed by atoms with Gasteiger partial charge in [-0.25, -0.2) is 10.2 Å². The Morgan fingerprint density at radius 3 is 2.41 bits per heavy atom. The van der Waals surface area contributed by atoms with Gasteiger partial charge in [0.2, 0.25) is 0 Å². The highest BCUT2D eigenvalue weighted by Crippen LogP contribution is 2.43. The van der Waals surface area contributed by atoms with Gasteiger partial charge in [0.15, 0.2) is 0 Å². The third-order valence-electron chi connectivity index (χ3n) is 12.4. The molecule has 3 aliphatic rings. The molecule has 2 aliphatic heterocycles. The molecule has 3 fully saturated rings. The van der Waals surface area contributed by atoms with Gasteiger partial charge in [0.05, 0.1) is 36.0 Å². The molecule has 63 heavy (non-hydrogen) atoms. The lowest BCUT2D eigenvalue weighted by molar-refractivity contribution is -0.137. The maximum absolute atomic E-state index is 13.9. The van der Waals surface area contributed by atoms with Crippen LogP contribution in [0.1, 0.15) is 97.1 Å². The number of amides is 2. The molecule has 1 aliphatic carbocycles. The van der Waals surface area contributed by atoms with Gasteiger partial charge < -0.3 is 34.1 Å². The van der Waals surface area contributed by atoms with Crippen LogP contribution in [0.3, 0.4) is 0 Å². The second-order valence-corrected chi connectivity index (χ2v) is 19.2. The highest BCUT2D eigenvalue weighted by atomic mass is 16.6. The van der Waals surface area contributed by atoms with Crippen molar-refractivity contribution in [3.05, 3.63) is 65.5 Å². The first-order valence-electron chi connectivity index (χ1n) is 22.7. The molecule has 3 N–H and O–H groups in total. The summed E-state index contributed by atoms with van der Waals surface area (Å²) in [7, 11) is 1.71. The standard InChI is InChI=1S/C49H67N7O7/c1-9-55-43-15-12-34(35-22-33(23-38(58)25-35)24-42(52-47(60)63-48(3,4)5)46(59)56-17-11-10-16-51-56)26-39(43)41(28-49(6,7)30-62-31-57)45(55)40-27-37(29-50-44(40)32(2)61-8)54-20-18-53(19-21-54)36-13-14-36/h12,15,22-23,25-27,29,31-32,36,42,51,58H,9-11,13-14,16-21,24,28,30H2,1-8H3,(H,52,60)/t32-,42-/m0/s1. The Morgan fingerprint density at radius 1 is 1.00 bits per heavy atom. The lowest BCUT2D eigenvalue weighted by Gasteiger charge is -2.36. The maximum atomic E-state index is 13.9. The van der Waals surface area contributed by atoms with Crippen molar-refractivity contribution in [1.82, 2.24) is 30.2 Å². The molecule has 2 amide bonds. The average Bonchev–Trinajstić information content (AvgIpc) is 4.07. The van der Waals surface area contributed by atoms with Crippen molar-refractivity contribution in [2.45, 2.75) is 117 Å². The molecule has 0 bridgehead atoms. The number of aryl methyl sites for hydroxylation is 1. The molecule has 14 heteroatoms. The first-order valence-corrected chi connectivity index (χ1v) is 22.7. The lowest BCUT2D eigenvalue weighted by Crippen LogP contribution is -2.56. The summed E-state index contributed by atoms with van der Waals surface area (Å²) < 4.78 is 19.3. The van der Waals surface area contributed by atoms with Crippen LogP contribution in [-0.2, 0) is 43.2 Å². The van der Waals surface area contributed by atoms with E-state index in [1.807, 2.05) is 19.2 Å². The molecule has 2 atom stereocenters. The van der Waals surface area contributed by atoms with Crippen LogP contribution >= 0.6 is 0 Å². The van der Waals surface area contributed by atoms with Crippen LogP contribution in [0, 0.1) is 5.41 Å². The Labute approximate surface area is 372 Å². The van der Waals surface area contributed by atoms with Gasteiger partial charge in [-0.3, -0.25) is 24.5 Å². The van der Waals surface area contributed by atoms with Crippen LogP contribution in [0.5, 0.6) is 5.75 Å². The van der Waals surface area contributed by atoms with Crippen molar-refractivity contribution < 1.29 is 33.7 Å². The van der Waals surface area contributed by atoms with Crippen LogP contribution in [0.15, 0.2) is 48.7 Å². The number of carbonyl (C=O) groups is 3. The van der Waals surface area contributed by atoms with Gasteiger partial charge in [-0.15, -0.1) is 0 Å². The molecular weight excluding hydrogens is 799 g/mol. The van der Waals surface area contributed by atoms with E-state index in [9.17, 15) is 19.5 Å². The fourth-order valence-corrected chi connectivity index (χ4v) is 9.16. The first kappa shape index (κ1) is 45.8. The fraction of sp³-hybridized carbons (Fsp3) is 0.551. The minimum Gasteiger partial charge on any atom is -0.508 e. The van der Waals surface area contributed by atoms with E-state index in [2.05, 4.69) is 70.1 Å². The molecule has 4 heterocycles. The Balaban J connectivity index is 1.32. The number of hydrogen-bond donors (Lipinski definition) is 3. The van der Waals surface area contributed by atoms with E-state index >= 15 is 0 Å². The number of hydrogen-bond acceptors (Lipinski definition) is 11. The second-order valence-electron chi connectivity index (χ2n) is 19.2. The van der Waals surface area contributed by atoms with Crippen LogP contribution in [0.4, 0.5) is 10.5 Å². The van der Waals surface area contributed by atoms with Crippen LogP contribution < -0.4 is 15.6 Å². The topological polar surface area (TPSA) is 151 Å². The summed E-state index contributed by atoms with van der Waals surface area (Å²) in [4.78, 5) is 48.6. The molecule has 2 saturated heterocycles. The largest absolute Gasteiger partial charge is 0.508 e. The summed E-state index contributed by atoms with van der Waals surface area (Å²) in [6.07, 6.45) is 6.15. The molecule has 1 saturated carbocycles. The monoisotopic (exact) mass is 866 g/mol. The Hall–Kier alpha value is -5.18. The summed E-state index contributed by atoms with van der Waals surface area (Å²) >= 11 is 0. The van der Waals surface area contributed by atoms with E-state index in [4.69, 9.17) is 19.2 Å². The van der Waals surface area contributed by atoms with Crippen molar-refractivity contribution in [3.63, 3.8) is 0 Å². The number of piperazine rings is 1. The smallest absolute Gasteiger partial charge is 0.408 e. The quantitative estimate of drug-likeness (QED) is 0.0968. The summed E-state index contributed by atoms with van der Waals surface area (Å²) in [6.45, 7) is 20.3. The number of phenolic OH excluding ortho intramolecular Hbond substituents is 1. The van der Waals surface area contributed by atoms with Crippen molar-refractivity contribution >= 4 is 35.1 Å². The second kappa shape index (κ2) is 19.3. The summed E-state index contributed by atoms with van der Waals surface area (Å²) in [5.41, 5.74) is 10.4. The third-order valence-corrected chi connectivity index (χ3v) is 12.4. The maximum Gasteiger partial charge on any atom is 0.408 e. The zero-order chi connectivity index (χ0) is 45.1. The number of pyridine rings is 1.